The number of halogens is 2. The SMILES string of the molecule is O=C(O)c1ccc(NCc2nn[nH]n2)c(F)c1F. The highest BCUT2D eigenvalue weighted by molar-refractivity contribution is 5.88. The van der Waals surface area contributed by atoms with Gasteiger partial charge in [0.15, 0.2) is 17.5 Å². The number of H-pyrrole nitrogens is 1. The van der Waals surface area contributed by atoms with Gasteiger partial charge in [0.1, 0.15) is 0 Å². The van der Waals surface area contributed by atoms with Crippen LogP contribution in [0, 0.1) is 11.6 Å². The summed E-state index contributed by atoms with van der Waals surface area (Å²) in [5, 5.41) is 23.8. The Hall–Kier alpha value is -2.58. The topological polar surface area (TPSA) is 104 Å². The van der Waals surface area contributed by atoms with Gasteiger partial charge < -0.3 is 10.4 Å². The molecule has 0 fully saturated rings. The molecule has 0 unspecified atom stereocenters. The van der Waals surface area contributed by atoms with Gasteiger partial charge >= 0.3 is 5.97 Å². The van der Waals surface area contributed by atoms with Crippen LogP contribution in [0.1, 0.15) is 16.2 Å². The number of hydrogen-bond acceptors (Lipinski definition) is 5. The number of carboxylic acid groups (broad SMARTS) is 1. The molecule has 7 nitrogen and oxygen atoms in total. The van der Waals surface area contributed by atoms with Crippen molar-refractivity contribution < 1.29 is 18.7 Å². The van der Waals surface area contributed by atoms with E-state index < -0.39 is 23.2 Å². The molecule has 0 amide bonds. The van der Waals surface area contributed by atoms with Crippen molar-refractivity contribution in [2.75, 3.05) is 5.32 Å². The number of nitrogens with one attached hydrogen (secondary N) is 2. The Morgan fingerprint density at radius 3 is 2.78 bits per heavy atom. The third-order valence-corrected chi connectivity index (χ3v) is 2.14. The van der Waals surface area contributed by atoms with Gasteiger partial charge in [0.25, 0.3) is 0 Å². The number of nitrogens with zero attached hydrogens (tertiary/aromatic N) is 3. The summed E-state index contributed by atoms with van der Waals surface area (Å²) in [4.78, 5) is 10.6. The summed E-state index contributed by atoms with van der Waals surface area (Å²) in [5.74, 6) is -3.95. The molecule has 3 N–H and O–H groups in total. The van der Waals surface area contributed by atoms with Gasteiger partial charge in [-0.2, -0.15) is 5.21 Å². The molecule has 2 rings (SSSR count). The van der Waals surface area contributed by atoms with Crippen molar-refractivity contribution in [3.05, 3.63) is 35.2 Å². The normalized spacial score (nSPS) is 10.3. The quantitative estimate of drug-likeness (QED) is 0.746. The summed E-state index contributed by atoms with van der Waals surface area (Å²) in [6.07, 6.45) is 0. The van der Waals surface area contributed by atoms with Crippen molar-refractivity contribution >= 4 is 11.7 Å². The van der Waals surface area contributed by atoms with Gasteiger partial charge in [0.2, 0.25) is 0 Å². The first-order valence-electron chi connectivity index (χ1n) is 4.77. The highest BCUT2D eigenvalue weighted by Crippen LogP contribution is 2.20. The van der Waals surface area contributed by atoms with E-state index in [1.165, 1.54) is 0 Å². The lowest BCUT2D eigenvalue weighted by molar-refractivity contribution is 0.0690. The lowest BCUT2D eigenvalue weighted by Crippen LogP contribution is -2.08. The van der Waals surface area contributed by atoms with Crippen LogP contribution in [0.3, 0.4) is 0 Å². The minimum atomic E-state index is -1.53. The Labute approximate surface area is 98.8 Å². The molecule has 18 heavy (non-hydrogen) atoms. The van der Waals surface area contributed by atoms with Gasteiger partial charge in [-0.05, 0) is 12.1 Å². The van der Waals surface area contributed by atoms with E-state index in [1.54, 1.807) is 0 Å². The lowest BCUT2D eigenvalue weighted by atomic mass is 10.2. The molecule has 0 bridgehead atoms. The van der Waals surface area contributed by atoms with Crippen molar-refractivity contribution in [2.24, 2.45) is 0 Å². The third-order valence-electron chi connectivity index (χ3n) is 2.14. The zero-order chi connectivity index (χ0) is 13.1. The summed E-state index contributed by atoms with van der Waals surface area (Å²) in [6, 6.07) is 2.10. The fourth-order valence-electron chi connectivity index (χ4n) is 1.28. The maximum atomic E-state index is 13.5. The number of aromatic nitrogens is 4. The standard InChI is InChI=1S/C9H7F2N5O2/c10-7-4(9(17)18)1-2-5(8(7)11)12-3-6-13-15-16-14-6/h1-2,12H,3H2,(H,17,18)(H,13,14,15,16). The van der Waals surface area contributed by atoms with Crippen LogP contribution in [0.15, 0.2) is 12.1 Å². The van der Waals surface area contributed by atoms with Crippen molar-refractivity contribution in [3.8, 4) is 0 Å². The maximum absolute atomic E-state index is 13.5. The second-order valence-corrected chi connectivity index (χ2v) is 3.28. The Morgan fingerprint density at radius 1 is 1.39 bits per heavy atom. The first kappa shape index (κ1) is 11.9. The van der Waals surface area contributed by atoms with E-state index in [4.69, 9.17) is 5.11 Å². The highest BCUT2D eigenvalue weighted by Gasteiger charge is 2.17. The van der Waals surface area contributed by atoms with Gasteiger partial charge in [-0.25, -0.2) is 13.6 Å². The predicted octanol–water partition coefficient (Wildman–Crippen LogP) is 0.788. The van der Waals surface area contributed by atoms with Gasteiger partial charge in [-0.15, -0.1) is 10.2 Å². The summed E-state index contributed by atoms with van der Waals surface area (Å²) < 4.78 is 26.8. The second kappa shape index (κ2) is 4.73. The van der Waals surface area contributed by atoms with Crippen LogP contribution < -0.4 is 5.32 Å². The number of carboxylic acids is 1. The van der Waals surface area contributed by atoms with Crippen LogP contribution in [-0.2, 0) is 6.54 Å². The van der Waals surface area contributed by atoms with Crippen LogP contribution in [0.25, 0.3) is 0 Å². The minimum Gasteiger partial charge on any atom is -0.478 e. The molecule has 0 aliphatic heterocycles. The van der Waals surface area contributed by atoms with Crippen molar-refractivity contribution in [2.45, 2.75) is 6.54 Å². The molecule has 1 heterocycles. The lowest BCUT2D eigenvalue weighted by Gasteiger charge is -2.07. The van der Waals surface area contributed by atoms with Crippen LogP contribution in [-0.4, -0.2) is 31.7 Å². The van der Waals surface area contributed by atoms with Gasteiger partial charge in [0, 0.05) is 0 Å². The fourth-order valence-corrected chi connectivity index (χ4v) is 1.28. The van der Waals surface area contributed by atoms with Crippen molar-refractivity contribution in [1.29, 1.82) is 0 Å². The molecule has 94 valence electrons. The fraction of sp³-hybridized carbons (Fsp3) is 0.111. The van der Waals surface area contributed by atoms with E-state index in [-0.39, 0.29) is 18.1 Å². The van der Waals surface area contributed by atoms with Crippen LogP contribution in [0.2, 0.25) is 0 Å². The van der Waals surface area contributed by atoms with E-state index in [1.807, 2.05) is 0 Å². The first-order valence-corrected chi connectivity index (χ1v) is 4.77. The Morgan fingerprint density at radius 2 is 2.17 bits per heavy atom. The van der Waals surface area contributed by atoms with Crippen LogP contribution in [0.4, 0.5) is 14.5 Å². The molecule has 0 radical (unpaired) electrons. The van der Waals surface area contributed by atoms with E-state index in [0.717, 1.165) is 12.1 Å². The number of tetrazole rings is 1. The van der Waals surface area contributed by atoms with Gasteiger partial charge in [-0.1, -0.05) is 5.21 Å². The number of hydrogen-bond donors (Lipinski definition) is 3. The summed E-state index contributed by atoms with van der Waals surface area (Å²) >= 11 is 0. The zero-order valence-corrected chi connectivity index (χ0v) is 8.81. The number of rotatable bonds is 4. The van der Waals surface area contributed by atoms with E-state index in [9.17, 15) is 13.6 Å². The third kappa shape index (κ3) is 2.24. The monoisotopic (exact) mass is 255 g/mol. The first-order chi connectivity index (χ1) is 8.59. The second-order valence-electron chi connectivity index (χ2n) is 3.28. The number of carbonyl (C=O) groups is 1. The molecule has 2 aromatic rings. The summed E-state index contributed by atoms with van der Waals surface area (Å²) in [7, 11) is 0. The van der Waals surface area contributed by atoms with Crippen molar-refractivity contribution in [3.63, 3.8) is 0 Å². The van der Waals surface area contributed by atoms with Gasteiger partial charge in [-0.3, -0.25) is 0 Å². The van der Waals surface area contributed by atoms with Gasteiger partial charge in [0.05, 0.1) is 17.8 Å². The maximum Gasteiger partial charge on any atom is 0.338 e. The summed E-state index contributed by atoms with van der Waals surface area (Å²) in [6.45, 7) is 0.0271. The number of aromatic amines is 1. The van der Waals surface area contributed by atoms with E-state index in [2.05, 4.69) is 25.9 Å². The Balaban J connectivity index is 2.19. The molecule has 0 saturated carbocycles. The van der Waals surface area contributed by atoms with E-state index in [0.29, 0.717) is 0 Å². The Bertz CT molecular complexity index is 573. The molecular weight excluding hydrogens is 248 g/mol. The molecule has 1 aromatic carbocycles. The van der Waals surface area contributed by atoms with E-state index >= 15 is 0 Å². The molecule has 0 aliphatic carbocycles. The molecular formula is C9H7F2N5O2. The Kier molecular flexibility index (Phi) is 3.13. The molecule has 0 atom stereocenters. The average Bonchev–Trinajstić information content (AvgIpc) is 2.83. The molecule has 0 aliphatic rings. The molecule has 0 spiro atoms. The van der Waals surface area contributed by atoms with Crippen LogP contribution in [0.5, 0.6) is 0 Å². The number of aromatic carboxylic acids is 1. The molecule has 9 heteroatoms. The number of benzene rings is 1. The zero-order valence-electron chi connectivity index (χ0n) is 8.81. The smallest absolute Gasteiger partial charge is 0.338 e. The largest absolute Gasteiger partial charge is 0.478 e. The van der Waals surface area contributed by atoms with Crippen molar-refractivity contribution in [1.82, 2.24) is 20.6 Å². The number of anilines is 1. The van der Waals surface area contributed by atoms with Crippen LogP contribution >= 0.6 is 0 Å². The molecule has 1 aromatic heterocycles. The molecule has 0 saturated heterocycles. The minimum absolute atomic E-state index is 0.0271. The predicted molar refractivity (Wildman–Crippen MR) is 54.8 cm³/mol. The highest BCUT2D eigenvalue weighted by atomic mass is 19.2. The average molecular weight is 255 g/mol. The summed E-state index contributed by atoms with van der Waals surface area (Å²) in [5.41, 5.74) is -0.903.